The van der Waals surface area contributed by atoms with E-state index in [-0.39, 0.29) is 24.7 Å². The molecule has 2 aliphatic heterocycles. The summed E-state index contributed by atoms with van der Waals surface area (Å²) in [5.74, 6) is 0.470. The summed E-state index contributed by atoms with van der Waals surface area (Å²) < 4.78 is 5.76. The number of urea groups is 1. The first-order valence-corrected chi connectivity index (χ1v) is 9.09. The second-order valence-electron chi connectivity index (χ2n) is 6.73. The van der Waals surface area contributed by atoms with Gasteiger partial charge in [0.2, 0.25) is 0 Å². The Morgan fingerprint density at radius 3 is 3.07 bits per heavy atom. The average Bonchev–Trinajstić information content (AvgIpc) is 3.16. The molecule has 2 aliphatic rings. The van der Waals surface area contributed by atoms with Crippen LogP contribution in [0.4, 0.5) is 10.5 Å². The third-order valence-electron chi connectivity index (χ3n) is 4.84. The van der Waals surface area contributed by atoms with Gasteiger partial charge in [-0.2, -0.15) is 4.80 Å². The minimum Gasteiger partial charge on any atom is -0.389 e. The van der Waals surface area contributed by atoms with Crippen molar-refractivity contribution in [1.82, 2.24) is 30.8 Å². The van der Waals surface area contributed by atoms with Crippen LogP contribution in [0.15, 0.2) is 18.2 Å². The van der Waals surface area contributed by atoms with Gasteiger partial charge in [0.05, 0.1) is 37.9 Å². The Morgan fingerprint density at radius 1 is 1.41 bits per heavy atom. The summed E-state index contributed by atoms with van der Waals surface area (Å²) in [5, 5.41) is 30.7. The lowest BCUT2D eigenvalue weighted by molar-refractivity contribution is -0.0672. The van der Waals surface area contributed by atoms with E-state index in [0.717, 1.165) is 23.2 Å². The summed E-state index contributed by atoms with van der Waals surface area (Å²) in [6.07, 6.45) is 0.250. The zero-order valence-corrected chi connectivity index (χ0v) is 15.1. The van der Waals surface area contributed by atoms with Gasteiger partial charge in [-0.05, 0) is 29.8 Å². The van der Waals surface area contributed by atoms with Crippen molar-refractivity contribution in [3.8, 4) is 0 Å². The molecule has 4 rings (SSSR count). The minimum atomic E-state index is -0.479. The molecule has 10 nitrogen and oxygen atoms in total. The van der Waals surface area contributed by atoms with Crippen LogP contribution < -0.4 is 16.0 Å². The summed E-state index contributed by atoms with van der Waals surface area (Å²) in [6, 6.07) is 5.70. The quantitative estimate of drug-likeness (QED) is 0.594. The lowest BCUT2D eigenvalue weighted by Gasteiger charge is -2.40. The molecule has 3 atom stereocenters. The SMILES string of the molecule is CCn1nnc(CNC(=O)NCc2ccc3c(c2)[C@H]2C[C@H](N3)[C@H](O)CO2)n1. The smallest absolute Gasteiger partial charge is 0.315 e. The van der Waals surface area contributed by atoms with Crippen molar-refractivity contribution < 1.29 is 14.6 Å². The van der Waals surface area contributed by atoms with E-state index < -0.39 is 6.10 Å². The number of anilines is 1. The highest BCUT2D eigenvalue weighted by Crippen LogP contribution is 2.39. The Hall–Kier alpha value is -2.72. The van der Waals surface area contributed by atoms with Gasteiger partial charge in [-0.25, -0.2) is 4.79 Å². The zero-order chi connectivity index (χ0) is 18.8. The number of rotatable bonds is 5. The predicted molar refractivity (Wildman–Crippen MR) is 95.7 cm³/mol. The largest absolute Gasteiger partial charge is 0.389 e. The van der Waals surface area contributed by atoms with E-state index in [1.807, 2.05) is 25.1 Å². The Morgan fingerprint density at radius 2 is 2.26 bits per heavy atom. The number of nitrogens with one attached hydrogen (secondary N) is 3. The number of benzene rings is 1. The van der Waals surface area contributed by atoms with E-state index in [4.69, 9.17) is 4.74 Å². The molecule has 0 saturated carbocycles. The van der Waals surface area contributed by atoms with Gasteiger partial charge in [0, 0.05) is 24.2 Å². The van der Waals surface area contributed by atoms with Crippen LogP contribution in [0.25, 0.3) is 0 Å². The van der Waals surface area contributed by atoms with Gasteiger partial charge in [0.1, 0.15) is 0 Å². The average molecular weight is 373 g/mol. The first kappa shape index (κ1) is 17.7. The number of aliphatic hydroxyl groups is 1. The normalized spacial score (nSPS) is 23.3. The monoisotopic (exact) mass is 373 g/mol. The zero-order valence-electron chi connectivity index (χ0n) is 15.1. The van der Waals surface area contributed by atoms with Crippen molar-refractivity contribution in [2.24, 2.45) is 0 Å². The van der Waals surface area contributed by atoms with Gasteiger partial charge in [-0.1, -0.05) is 6.07 Å². The van der Waals surface area contributed by atoms with Crippen LogP contribution >= 0.6 is 0 Å². The number of amides is 2. The second kappa shape index (κ2) is 7.49. The number of carbonyl (C=O) groups excluding carboxylic acids is 1. The van der Waals surface area contributed by atoms with Crippen LogP contribution in [0, 0.1) is 0 Å². The molecule has 0 spiro atoms. The lowest BCUT2D eigenvalue weighted by Crippen LogP contribution is -2.46. The molecular weight excluding hydrogens is 350 g/mol. The molecule has 3 heterocycles. The van der Waals surface area contributed by atoms with Crippen molar-refractivity contribution in [3.05, 3.63) is 35.2 Å². The molecule has 1 aromatic carbocycles. The molecule has 144 valence electrons. The number of hydrogen-bond acceptors (Lipinski definition) is 7. The standard InChI is InChI=1S/C17H23N7O3/c1-2-24-22-16(21-23-24)8-19-17(26)18-7-10-3-4-12-11(5-10)15-6-13(20-12)14(25)9-27-15/h3-5,13-15,20,25H,2,6-9H2,1H3,(H2,18,19,26)/t13-,14+,15+/m0/s1. The number of hydrogen-bond donors (Lipinski definition) is 4. The van der Waals surface area contributed by atoms with Crippen molar-refractivity contribution in [3.63, 3.8) is 0 Å². The van der Waals surface area contributed by atoms with Crippen molar-refractivity contribution in [2.75, 3.05) is 11.9 Å². The number of aromatic nitrogens is 4. The van der Waals surface area contributed by atoms with Crippen molar-refractivity contribution >= 4 is 11.7 Å². The second-order valence-corrected chi connectivity index (χ2v) is 6.73. The van der Waals surface area contributed by atoms with Crippen LogP contribution in [0.2, 0.25) is 0 Å². The first-order chi connectivity index (χ1) is 13.1. The number of nitrogens with zero attached hydrogens (tertiary/aromatic N) is 4. The van der Waals surface area contributed by atoms with E-state index >= 15 is 0 Å². The van der Waals surface area contributed by atoms with Gasteiger partial charge in [0.25, 0.3) is 0 Å². The number of tetrazole rings is 1. The molecule has 27 heavy (non-hydrogen) atoms. The first-order valence-electron chi connectivity index (χ1n) is 9.09. The molecule has 10 heteroatoms. The van der Waals surface area contributed by atoms with Crippen molar-refractivity contribution in [2.45, 2.75) is 51.2 Å². The van der Waals surface area contributed by atoms with Crippen LogP contribution in [-0.2, 0) is 24.4 Å². The highest BCUT2D eigenvalue weighted by atomic mass is 16.5. The fraction of sp³-hybridized carbons (Fsp3) is 0.529. The summed E-state index contributed by atoms with van der Waals surface area (Å²) >= 11 is 0. The van der Waals surface area contributed by atoms with Crippen LogP contribution in [-0.4, -0.2) is 50.1 Å². The maximum absolute atomic E-state index is 12.0. The fourth-order valence-electron chi connectivity index (χ4n) is 3.36. The Kier molecular flexibility index (Phi) is 4.90. The fourth-order valence-corrected chi connectivity index (χ4v) is 3.36. The number of aliphatic hydroxyl groups excluding tert-OH is 1. The number of carbonyl (C=O) groups is 1. The minimum absolute atomic E-state index is 0.0179. The van der Waals surface area contributed by atoms with Gasteiger partial charge in [-0.15, -0.1) is 10.2 Å². The van der Waals surface area contributed by atoms with Crippen LogP contribution in [0.5, 0.6) is 0 Å². The van der Waals surface area contributed by atoms with E-state index in [1.165, 1.54) is 4.80 Å². The van der Waals surface area contributed by atoms with Crippen LogP contribution in [0.1, 0.15) is 36.4 Å². The van der Waals surface area contributed by atoms with E-state index in [2.05, 4.69) is 31.4 Å². The predicted octanol–water partition coefficient (Wildman–Crippen LogP) is 0.309. The van der Waals surface area contributed by atoms with Crippen LogP contribution in [0.3, 0.4) is 0 Å². The molecule has 1 aromatic heterocycles. The van der Waals surface area contributed by atoms with E-state index in [0.29, 0.717) is 25.5 Å². The molecular formula is C17H23N7O3. The van der Waals surface area contributed by atoms with E-state index in [9.17, 15) is 9.90 Å². The third-order valence-corrected chi connectivity index (χ3v) is 4.84. The summed E-state index contributed by atoms with van der Waals surface area (Å²) in [7, 11) is 0. The number of ether oxygens (including phenoxy) is 1. The third kappa shape index (κ3) is 3.86. The van der Waals surface area contributed by atoms with E-state index in [1.54, 1.807) is 0 Å². The highest BCUT2D eigenvalue weighted by Gasteiger charge is 2.36. The molecule has 4 N–H and O–H groups in total. The summed E-state index contributed by atoms with van der Waals surface area (Å²) in [4.78, 5) is 13.5. The van der Waals surface area contributed by atoms with Gasteiger partial charge in [-0.3, -0.25) is 0 Å². The highest BCUT2D eigenvalue weighted by molar-refractivity contribution is 5.73. The maximum atomic E-state index is 12.0. The Balaban J connectivity index is 1.32. The number of aryl methyl sites for hydroxylation is 1. The molecule has 0 unspecified atom stereocenters. The molecule has 2 amide bonds. The van der Waals surface area contributed by atoms with Gasteiger partial charge < -0.3 is 25.8 Å². The molecule has 2 aromatic rings. The lowest BCUT2D eigenvalue weighted by atomic mass is 9.89. The number of fused-ring (bicyclic) bond motifs is 4. The molecule has 1 fully saturated rings. The molecule has 0 radical (unpaired) electrons. The molecule has 2 bridgehead atoms. The summed E-state index contributed by atoms with van der Waals surface area (Å²) in [6.45, 7) is 3.51. The Bertz CT molecular complexity index is 825. The summed E-state index contributed by atoms with van der Waals surface area (Å²) in [5.41, 5.74) is 3.03. The van der Waals surface area contributed by atoms with Gasteiger partial charge in [0.15, 0.2) is 5.82 Å². The van der Waals surface area contributed by atoms with Gasteiger partial charge >= 0.3 is 6.03 Å². The maximum Gasteiger partial charge on any atom is 0.315 e. The van der Waals surface area contributed by atoms with Crippen molar-refractivity contribution in [1.29, 1.82) is 0 Å². The molecule has 1 saturated heterocycles. The molecule has 0 aliphatic carbocycles. The topological polar surface area (TPSA) is 126 Å². The Labute approximate surface area is 156 Å².